The number of phenols is 1. The van der Waals surface area contributed by atoms with Gasteiger partial charge in [0.2, 0.25) is 0 Å². The largest absolute Gasteiger partial charge is 0.508 e. The van der Waals surface area contributed by atoms with Crippen LogP contribution in [0.5, 0.6) is 5.75 Å². The fraction of sp³-hybridized carbons (Fsp3) is 0.412. The maximum Gasteiger partial charge on any atom is 0.271 e. The summed E-state index contributed by atoms with van der Waals surface area (Å²) < 4.78 is 0. The number of amides is 1. The number of hydrazone groups is 1. The third-order valence-electron chi connectivity index (χ3n) is 3.11. The van der Waals surface area contributed by atoms with Crippen molar-refractivity contribution in [2.75, 3.05) is 0 Å². The Kier molecular flexibility index (Phi) is 7.23. The van der Waals surface area contributed by atoms with Crippen LogP contribution >= 0.6 is 0 Å². The predicted molar refractivity (Wildman–Crippen MR) is 86.5 cm³/mol. The van der Waals surface area contributed by atoms with Crippen LogP contribution in [0, 0.1) is 5.92 Å². The van der Waals surface area contributed by atoms with E-state index in [9.17, 15) is 4.79 Å². The van der Waals surface area contributed by atoms with E-state index in [2.05, 4.69) is 37.4 Å². The number of benzene rings is 1. The Morgan fingerprint density at radius 1 is 1.33 bits per heavy atom. The van der Waals surface area contributed by atoms with Crippen LogP contribution in [0.25, 0.3) is 0 Å². The zero-order valence-electron chi connectivity index (χ0n) is 13.0. The first-order valence-corrected chi connectivity index (χ1v) is 7.23. The van der Waals surface area contributed by atoms with Gasteiger partial charge < -0.3 is 5.11 Å². The zero-order chi connectivity index (χ0) is 15.7. The minimum Gasteiger partial charge on any atom is -0.508 e. The lowest BCUT2D eigenvalue weighted by molar-refractivity contribution is 0.0955. The number of rotatable bonds is 7. The summed E-state index contributed by atoms with van der Waals surface area (Å²) in [6, 6.07) is 6.07. The summed E-state index contributed by atoms with van der Waals surface area (Å²) in [6.45, 7) is 6.38. The van der Waals surface area contributed by atoms with Crippen molar-refractivity contribution in [2.24, 2.45) is 11.0 Å². The predicted octanol–water partition coefficient (Wildman–Crippen LogP) is 3.88. The molecule has 0 unspecified atom stereocenters. The molecular formula is C17H24N2O2. The van der Waals surface area contributed by atoms with E-state index in [-0.39, 0.29) is 11.7 Å². The molecule has 1 aromatic carbocycles. The van der Waals surface area contributed by atoms with Gasteiger partial charge in [-0.05, 0) is 63.3 Å². The van der Waals surface area contributed by atoms with Crippen LogP contribution in [0.15, 0.2) is 41.0 Å². The molecular weight excluding hydrogens is 264 g/mol. The molecule has 0 heterocycles. The van der Waals surface area contributed by atoms with Crippen LogP contribution in [0.4, 0.5) is 0 Å². The Morgan fingerprint density at radius 2 is 2.00 bits per heavy atom. The minimum atomic E-state index is -0.275. The van der Waals surface area contributed by atoms with Crippen molar-refractivity contribution in [1.82, 2.24) is 5.43 Å². The van der Waals surface area contributed by atoms with E-state index in [1.807, 2.05) is 0 Å². The van der Waals surface area contributed by atoms with Gasteiger partial charge in [-0.15, -0.1) is 0 Å². The van der Waals surface area contributed by atoms with Gasteiger partial charge in [-0.1, -0.05) is 18.6 Å². The molecule has 0 aliphatic heterocycles. The first-order chi connectivity index (χ1) is 9.99. The summed E-state index contributed by atoms with van der Waals surface area (Å²) in [5, 5.41) is 13.1. The van der Waals surface area contributed by atoms with Crippen LogP contribution in [0.2, 0.25) is 0 Å². The molecule has 0 aromatic heterocycles. The first kappa shape index (κ1) is 17.0. The summed E-state index contributed by atoms with van der Waals surface area (Å²) >= 11 is 0. The second kappa shape index (κ2) is 8.95. The van der Waals surface area contributed by atoms with E-state index in [0.717, 1.165) is 19.3 Å². The van der Waals surface area contributed by atoms with Gasteiger partial charge in [0.1, 0.15) is 5.75 Å². The lowest BCUT2D eigenvalue weighted by Gasteiger charge is -2.06. The fourth-order valence-electron chi connectivity index (χ4n) is 1.79. The molecule has 1 atom stereocenters. The summed E-state index contributed by atoms with van der Waals surface area (Å²) in [6.07, 6.45) is 7.01. The molecule has 21 heavy (non-hydrogen) atoms. The number of allylic oxidation sites excluding steroid dienone is 2. The van der Waals surface area contributed by atoms with Gasteiger partial charge in [-0.3, -0.25) is 4.79 Å². The van der Waals surface area contributed by atoms with Gasteiger partial charge in [-0.2, -0.15) is 5.10 Å². The second-order valence-corrected chi connectivity index (χ2v) is 5.50. The Hall–Kier alpha value is -2.10. The summed E-state index contributed by atoms with van der Waals surface area (Å²) in [7, 11) is 0. The number of nitrogens with zero attached hydrogens (tertiary/aromatic N) is 1. The lowest BCUT2D eigenvalue weighted by atomic mass is 10.0. The number of hydrogen-bond donors (Lipinski definition) is 2. The van der Waals surface area contributed by atoms with Crippen LogP contribution in [-0.4, -0.2) is 17.2 Å². The highest BCUT2D eigenvalue weighted by atomic mass is 16.3. The van der Waals surface area contributed by atoms with Gasteiger partial charge in [0.15, 0.2) is 0 Å². The Bertz CT molecular complexity index is 500. The van der Waals surface area contributed by atoms with E-state index in [1.165, 1.54) is 17.7 Å². The first-order valence-electron chi connectivity index (χ1n) is 7.23. The molecule has 114 valence electrons. The lowest BCUT2D eigenvalue weighted by Crippen LogP contribution is -2.17. The topological polar surface area (TPSA) is 61.7 Å². The molecule has 1 aromatic rings. The van der Waals surface area contributed by atoms with E-state index in [4.69, 9.17) is 5.11 Å². The van der Waals surface area contributed by atoms with Crippen molar-refractivity contribution in [1.29, 1.82) is 0 Å². The molecule has 0 aliphatic rings. The Morgan fingerprint density at radius 3 is 2.62 bits per heavy atom. The van der Waals surface area contributed by atoms with Crippen molar-refractivity contribution in [2.45, 2.75) is 40.0 Å². The molecule has 2 N–H and O–H groups in total. The molecule has 1 amide bonds. The number of carbonyl (C=O) groups excluding carboxylic acids is 1. The number of hydrogen-bond acceptors (Lipinski definition) is 3. The van der Waals surface area contributed by atoms with Gasteiger partial charge in [0.25, 0.3) is 5.91 Å². The van der Waals surface area contributed by atoms with E-state index in [1.54, 1.807) is 18.3 Å². The molecule has 0 aliphatic carbocycles. The van der Waals surface area contributed by atoms with Crippen molar-refractivity contribution >= 4 is 12.1 Å². The fourth-order valence-corrected chi connectivity index (χ4v) is 1.79. The Labute approximate surface area is 126 Å². The molecule has 0 radical (unpaired) electrons. The zero-order valence-corrected chi connectivity index (χ0v) is 13.0. The highest BCUT2D eigenvalue weighted by Gasteiger charge is 2.03. The van der Waals surface area contributed by atoms with Crippen LogP contribution in [0.1, 0.15) is 50.4 Å². The van der Waals surface area contributed by atoms with Gasteiger partial charge >= 0.3 is 0 Å². The number of carbonyl (C=O) groups is 1. The van der Waals surface area contributed by atoms with Crippen LogP contribution < -0.4 is 5.43 Å². The number of aromatic hydroxyl groups is 1. The average Bonchev–Trinajstić information content (AvgIpc) is 2.43. The molecule has 0 saturated heterocycles. The SMILES string of the molecule is CC(C)=CCC[C@@H](C)C/C=N\NC(=O)c1ccc(O)cc1. The van der Waals surface area contributed by atoms with Crippen molar-refractivity contribution in [3.05, 3.63) is 41.5 Å². The van der Waals surface area contributed by atoms with E-state index in [0.29, 0.717) is 11.5 Å². The van der Waals surface area contributed by atoms with Crippen molar-refractivity contribution in [3.8, 4) is 5.75 Å². The van der Waals surface area contributed by atoms with Gasteiger partial charge in [0.05, 0.1) is 0 Å². The number of phenolic OH excluding ortho intramolecular Hbond substituents is 1. The van der Waals surface area contributed by atoms with Crippen LogP contribution in [0.3, 0.4) is 0 Å². The molecule has 4 heteroatoms. The normalized spacial score (nSPS) is 12.1. The summed E-state index contributed by atoms with van der Waals surface area (Å²) in [5.74, 6) is 0.401. The summed E-state index contributed by atoms with van der Waals surface area (Å²) in [4.78, 5) is 11.7. The summed E-state index contributed by atoms with van der Waals surface area (Å²) in [5.41, 5.74) is 4.30. The number of nitrogens with one attached hydrogen (secondary N) is 1. The quantitative estimate of drug-likeness (QED) is 0.454. The molecule has 1 rings (SSSR count). The molecule has 0 spiro atoms. The Balaban J connectivity index is 2.29. The molecule has 0 fully saturated rings. The monoisotopic (exact) mass is 288 g/mol. The maximum atomic E-state index is 11.7. The van der Waals surface area contributed by atoms with E-state index >= 15 is 0 Å². The highest BCUT2D eigenvalue weighted by Crippen LogP contribution is 2.11. The highest BCUT2D eigenvalue weighted by molar-refractivity contribution is 5.94. The van der Waals surface area contributed by atoms with Crippen molar-refractivity contribution < 1.29 is 9.90 Å². The maximum absolute atomic E-state index is 11.7. The minimum absolute atomic E-state index is 0.139. The van der Waals surface area contributed by atoms with Crippen LogP contribution in [-0.2, 0) is 0 Å². The third kappa shape index (κ3) is 7.30. The molecule has 0 bridgehead atoms. The standard InChI is InChI=1S/C17H24N2O2/c1-13(2)5-4-6-14(3)11-12-18-19-17(21)15-7-9-16(20)10-8-15/h5,7-10,12,14,20H,4,6,11H2,1-3H3,(H,19,21)/b18-12-/t14-/m1/s1. The molecule has 4 nitrogen and oxygen atoms in total. The third-order valence-corrected chi connectivity index (χ3v) is 3.11. The second-order valence-electron chi connectivity index (χ2n) is 5.50. The van der Waals surface area contributed by atoms with E-state index < -0.39 is 0 Å². The molecule has 0 saturated carbocycles. The van der Waals surface area contributed by atoms with Crippen molar-refractivity contribution in [3.63, 3.8) is 0 Å². The average molecular weight is 288 g/mol. The van der Waals surface area contributed by atoms with Gasteiger partial charge in [-0.25, -0.2) is 5.43 Å². The smallest absolute Gasteiger partial charge is 0.271 e. The van der Waals surface area contributed by atoms with Gasteiger partial charge in [0, 0.05) is 11.8 Å².